The van der Waals surface area contributed by atoms with Crippen LogP contribution in [0.15, 0.2) is 24.3 Å². The Morgan fingerprint density at radius 1 is 1.19 bits per heavy atom. The van der Waals surface area contributed by atoms with Crippen LogP contribution in [-0.4, -0.2) is 18.6 Å². The van der Waals surface area contributed by atoms with Gasteiger partial charge in [-0.15, -0.1) is 0 Å². The Bertz CT molecular complexity index is 503. The van der Waals surface area contributed by atoms with Gasteiger partial charge in [0.1, 0.15) is 12.0 Å². The summed E-state index contributed by atoms with van der Waals surface area (Å²) < 4.78 is 6.06. The predicted molar refractivity (Wildman–Crippen MR) is 83.4 cm³/mol. The molecule has 1 saturated heterocycles. The summed E-state index contributed by atoms with van der Waals surface area (Å²) in [6, 6.07) is 8.78. The van der Waals surface area contributed by atoms with Crippen LogP contribution in [0.5, 0.6) is 5.75 Å². The summed E-state index contributed by atoms with van der Waals surface area (Å²) >= 11 is 0. The maximum absolute atomic E-state index is 11.4. The van der Waals surface area contributed by atoms with E-state index in [-0.39, 0.29) is 17.6 Å². The largest absolute Gasteiger partial charge is 0.475 e. The molecule has 0 radical (unpaired) electrons. The second-order valence-corrected chi connectivity index (χ2v) is 7.46. The first-order chi connectivity index (χ1) is 9.97. The summed E-state index contributed by atoms with van der Waals surface area (Å²) in [7, 11) is 0. The molecule has 0 amide bonds. The summed E-state index contributed by atoms with van der Waals surface area (Å²) in [5.74, 6) is 1.31. The van der Waals surface area contributed by atoms with Gasteiger partial charge in [0.05, 0.1) is 5.92 Å². The van der Waals surface area contributed by atoms with E-state index in [9.17, 15) is 4.79 Å². The number of hydrogen-bond donors (Lipinski definition) is 1. The minimum absolute atomic E-state index is 0.0222. The lowest BCUT2D eigenvalue weighted by Crippen LogP contribution is -2.51. The minimum Gasteiger partial charge on any atom is -0.475 e. The van der Waals surface area contributed by atoms with Gasteiger partial charge in [-0.05, 0) is 48.3 Å². The molecule has 114 valence electrons. The molecule has 3 nitrogen and oxygen atoms in total. The van der Waals surface area contributed by atoms with Gasteiger partial charge in [0.25, 0.3) is 0 Å². The summed E-state index contributed by atoms with van der Waals surface area (Å²) in [4.78, 5) is 11.4. The van der Waals surface area contributed by atoms with Crippen LogP contribution in [-0.2, 0) is 10.2 Å². The first-order valence-corrected chi connectivity index (χ1v) is 7.96. The normalized spacial score (nSPS) is 32.0. The average molecular weight is 287 g/mol. The van der Waals surface area contributed by atoms with Crippen LogP contribution in [0.2, 0.25) is 0 Å². The number of fused-ring (bicyclic) bond motifs is 2. The van der Waals surface area contributed by atoms with Crippen LogP contribution < -0.4 is 10.1 Å². The van der Waals surface area contributed by atoms with Crippen molar-refractivity contribution >= 4 is 6.29 Å². The molecule has 0 aromatic heterocycles. The van der Waals surface area contributed by atoms with Crippen molar-refractivity contribution in [1.82, 2.24) is 5.32 Å². The number of hydrogen-bond acceptors (Lipinski definition) is 3. The van der Waals surface area contributed by atoms with E-state index >= 15 is 0 Å². The Morgan fingerprint density at radius 3 is 2.52 bits per heavy atom. The molecule has 0 spiro atoms. The third kappa shape index (κ3) is 2.98. The molecule has 3 heteroatoms. The number of aldehydes is 1. The fraction of sp³-hybridized carbons (Fsp3) is 0.611. The quantitative estimate of drug-likeness (QED) is 0.867. The lowest BCUT2D eigenvalue weighted by molar-refractivity contribution is -0.117. The Labute approximate surface area is 127 Å². The third-order valence-corrected chi connectivity index (χ3v) is 4.91. The number of rotatable bonds is 3. The molecular formula is C18H25NO2. The van der Waals surface area contributed by atoms with Crippen molar-refractivity contribution in [2.24, 2.45) is 11.8 Å². The first kappa shape index (κ1) is 14.6. The van der Waals surface area contributed by atoms with E-state index in [0.29, 0.717) is 12.0 Å². The summed E-state index contributed by atoms with van der Waals surface area (Å²) in [6.07, 6.45) is 4.33. The van der Waals surface area contributed by atoms with Crippen molar-refractivity contribution in [3.05, 3.63) is 29.8 Å². The topological polar surface area (TPSA) is 38.3 Å². The number of carbonyl (C=O) groups is 1. The van der Waals surface area contributed by atoms with Crippen LogP contribution in [0.4, 0.5) is 0 Å². The van der Waals surface area contributed by atoms with Gasteiger partial charge in [0.2, 0.25) is 0 Å². The van der Waals surface area contributed by atoms with Crippen molar-refractivity contribution in [3.63, 3.8) is 0 Å². The maximum Gasteiger partial charge on any atom is 0.160 e. The van der Waals surface area contributed by atoms with Gasteiger partial charge in [-0.1, -0.05) is 32.9 Å². The van der Waals surface area contributed by atoms with Gasteiger partial charge < -0.3 is 9.53 Å². The molecule has 1 aromatic carbocycles. The number of benzene rings is 1. The fourth-order valence-corrected chi connectivity index (χ4v) is 3.58. The van der Waals surface area contributed by atoms with Crippen LogP contribution >= 0.6 is 0 Å². The van der Waals surface area contributed by atoms with Crippen LogP contribution in [0.1, 0.15) is 45.6 Å². The average Bonchev–Trinajstić information content (AvgIpc) is 2.81. The fourth-order valence-electron chi connectivity index (χ4n) is 3.58. The maximum atomic E-state index is 11.4. The summed E-state index contributed by atoms with van der Waals surface area (Å²) in [6.45, 7) is 6.60. The van der Waals surface area contributed by atoms with Crippen molar-refractivity contribution in [1.29, 1.82) is 0 Å². The van der Waals surface area contributed by atoms with Crippen molar-refractivity contribution in [3.8, 4) is 5.75 Å². The van der Waals surface area contributed by atoms with E-state index in [1.54, 1.807) is 0 Å². The highest BCUT2D eigenvalue weighted by atomic mass is 16.5. The molecule has 1 aliphatic heterocycles. The van der Waals surface area contributed by atoms with E-state index in [1.165, 1.54) is 5.56 Å². The predicted octanol–water partition coefficient (Wildman–Crippen LogP) is 3.28. The zero-order chi connectivity index (χ0) is 15.0. The number of piperidine rings is 1. The molecule has 1 N–H and O–H groups in total. The zero-order valence-electron chi connectivity index (χ0n) is 13.1. The summed E-state index contributed by atoms with van der Waals surface area (Å²) in [5, 5.41) is 3.49. The number of carbonyl (C=O) groups excluding carboxylic acids is 1. The van der Waals surface area contributed by atoms with Crippen molar-refractivity contribution in [2.75, 3.05) is 0 Å². The molecule has 1 heterocycles. The standard InChI is InChI=1S/C18H25NO2/c1-18(2,3)13-5-8-15(9-6-13)21-17-16(11-20)12-4-7-14(10-12)19-17/h5-6,8-9,11-12,14,16-17,19H,4,7,10H2,1-3H3. The molecule has 1 aliphatic carbocycles. The van der Waals surface area contributed by atoms with Crippen LogP contribution in [0.25, 0.3) is 0 Å². The highest BCUT2D eigenvalue weighted by molar-refractivity contribution is 5.56. The van der Waals surface area contributed by atoms with E-state index in [0.717, 1.165) is 31.3 Å². The SMILES string of the molecule is CC(C)(C)c1ccc(OC2NC3CCC(C3)C2C=O)cc1. The molecule has 3 rings (SSSR count). The van der Waals surface area contributed by atoms with E-state index < -0.39 is 0 Å². The van der Waals surface area contributed by atoms with Crippen LogP contribution in [0, 0.1) is 11.8 Å². The zero-order valence-corrected chi connectivity index (χ0v) is 13.1. The Hall–Kier alpha value is -1.35. The van der Waals surface area contributed by atoms with Gasteiger partial charge in [-0.3, -0.25) is 5.32 Å². The van der Waals surface area contributed by atoms with E-state index in [1.807, 2.05) is 12.1 Å². The van der Waals surface area contributed by atoms with Gasteiger partial charge >= 0.3 is 0 Å². The summed E-state index contributed by atoms with van der Waals surface area (Å²) in [5.41, 5.74) is 1.44. The number of ether oxygens (including phenoxy) is 1. The Kier molecular flexibility index (Phi) is 3.78. The van der Waals surface area contributed by atoms with Gasteiger partial charge in [0, 0.05) is 6.04 Å². The lowest BCUT2D eigenvalue weighted by atomic mass is 9.87. The molecule has 1 aromatic rings. The Morgan fingerprint density at radius 2 is 1.90 bits per heavy atom. The molecule has 4 atom stereocenters. The number of nitrogens with one attached hydrogen (secondary N) is 1. The second kappa shape index (κ2) is 5.45. The van der Waals surface area contributed by atoms with Crippen molar-refractivity contribution < 1.29 is 9.53 Å². The van der Waals surface area contributed by atoms with E-state index in [4.69, 9.17) is 4.74 Å². The lowest BCUT2D eigenvalue weighted by Gasteiger charge is -2.34. The molecule has 2 fully saturated rings. The molecule has 4 unspecified atom stereocenters. The molecular weight excluding hydrogens is 262 g/mol. The molecule has 21 heavy (non-hydrogen) atoms. The van der Waals surface area contributed by atoms with E-state index in [2.05, 4.69) is 38.2 Å². The minimum atomic E-state index is -0.172. The van der Waals surface area contributed by atoms with Crippen molar-refractivity contribution in [2.45, 2.75) is 57.7 Å². The van der Waals surface area contributed by atoms with Gasteiger partial charge in [0.15, 0.2) is 6.23 Å². The van der Waals surface area contributed by atoms with Gasteiger partial charge in [-0.2, -0.15) is 0 Å². The third-order valence-electron chi connectivity index (χ3n) is 4.91. The smallest absolute Gasteiger partial charge is 0.160 e. The molecule has 2 aliphatic rings. The van der Waals surface area contributed by atoms with Crippen LogP contribution in [0.3, 0.4) is 0 Å². The second-order valence-electron chi connectivity index (χ2n) is 7.46. The highest BCUT2D eigenvalue weighted by Crippen LogP contribution is 2.38. The monoisotopic (exact) mass is 287 g/mol. The Balaban J connectivity index is 1.72. The highest BCUT2D eigenvalue weighted by Gasteiger charge is 2.42. The molecule has 2 bridgehead atoms. The molecule has 1 saturated carbocycles. The van der Waals surface area contributed by atoms with Gasteiger partial charge in [-0.25, -0.2) is 0 Å². The first-order valence-electron chi connectivity index (χ1n) is 7.96.